The van der Waals surface area contributed by atoms with Gasteiger partial charge < -0.3 is 9.26 Å². The van der Waals surface area contributed by atoms with Crippen LogP contribution in [0.2, 0.25) is 0 Å². The Morgan fingerprint density at radius 1 is 1.08 bits per heavy atom. The molecule has 0 radical (unpaired) electrons. The maximum absolute atomic E-state index is 13.3. The van der Waals surface area contributed by atoms with Gasteiger partial charge in [0, 0.05) is 12.0 Å². The van der Waals surface area contributed by atoms with Gasteiger partial charge in [0.05, 0.1) is 17.5 Å². The van der Waals surface area contributed by atoms with Gasteiger partial charge in [-0.3, -0.25) is 5.10 Å². The van der Waals surface area contributed by atoms with E-state index in [1.165, 1.54) is 12.1 Å². The summed E-state index contributed by atoms with van der Waals surface area (Å²) in [6.45, 7) is 1.02. The first-order valence-corrected chi connectivity index (χ1v) is 8.38. The largest absolute Gasteiger partial charge is 0.380 e. The third-order valence-electron chi connectivity index (χ3n) is 4.95. The van der Waals surface area contributed by atoms with E-state index in [1.54, 1.807) is 12.1 Å². The molecule has 0 aliphatic carbocycles. The van der Waals surface area contributed by atoms with Crippen molar-refractivity contribution in [1.29, 1.82) is 0 Å². The van der Waals surface area contributed by atoms with Gasteiger partial charge in [-0.25, -0.2) is 4.39 Å². The number of aromatic nitrogens is 4. The van der Waals surface area contributed by atoms with E-state index in [0.717, 1.165) is 16.5 Å². The molecule has 26 heavy (non-hydrogen) atoms. The van der Waals surface area contributed by atoms with E-state index < -0.39 is 5.41 Å². The quantitative estimate of drug-likeness (QED) is 0.612. The van der Waals surface area contributed by atoms with Gasteiger partial charge >= 0.3 is 0 Å². The number of H-pyrrole nitrogens is 1. The summed E-state index contributed by atoms with van der Waals surface area (Å²) in [5, 5.41) is 12.4. The van der Waals surface area contributed by atoms with Crippen molar-refractivity contribution in [3.8, 4) is 11.6 Å². The molecule has 1 aliphatic heterocycles. The molecule has 0 unspecified atom stereocenters. The van der Waals surface area contributed by atoms with E-state index in [4.69, 9.17) is 9.26 Å². The number of aromatic amines is 1. The van der Waals surface area contributed by atoms with Crippen LogP contribution < -0.4 is 0 Å². The number of nitrogens with one attached hydrogen (secondary N) is 1. The predicted octanol–water partition coefficient (Wildman–Crippen LogP) is 3.46. The topological polar surface area (TPSA) is 76.8 Å². The Kier molecular flexibility index (Phi) is 3.36. The van der Waals surface area contributed by atoms with Crippen LogP contribution in [0.15, 0.2) is 53.1 Å². The lowest BCUT2D eigenvalue weighted by Gasteiger charge is -2.23. The summed E-state index contributed by atoms with van der Waals surface area (Å²) < 4.78 is 24.5. The van der Waals surface area contributed by atoms with Crippen molar-refractivity contribution in [2.24, 2.45) is 0 Å². The molecule has 7 heteroatoms. The minimum Gasteiger partial charge on any atom is -0.380 e. The van der Waals surface area contributed by atoms with Crippen molar-refractivity contribution in [3.05, 3.63) is 65.7 Å². The first kappa shape index (κ1) is 15.2. The zero-order valence-corrected chi connectivity index (χ0v) is 13.8. The standard InChI is InChI=1S/C19H15FN4O2/c20-13-7-5-12(6-8-13)19(9-10-25-11-19)18-21-17(26-24-18)16-14-3-1-2-4-15(14)22-23-16/h1-8H,9-11H2,(H,22,23)/t19-/m1/s1. The molecule has 0 amide bonds. The third-order valence-corrected chi connectivity index (χ3v) is 4.95. The second-order valence-corrected chi connectivity index (χ2v) is 6.43. The molecule has 5 rings (SSSR count). The molecule has 0 spiro atoms. The number of hydrogen-bond donors (Lipinski definition) is 1. The summed E-state index contributed by atoms with van der Waals surface area (Å²) in [4.78, 5) is 4.62. The average molecular weight is 350 g/mol. The smallest absolute Gasteiger partial charge is 0.279 e. The number of benzene rings is 2. The van der Waals surface area contributed by atoms with Crippen molar-refractivity contribution < 1.29 is 13.7 Å². The summed E-state index contributed by atoms with van der Waals surface area (Å²) in [6, 6.07) is 14.1. The Morgan fingerprint density at radius 2 is 1.92 bits per heavy atom. The summed E-state index contributed by atoms with van der Waals surface area (Å²) in [7, 11) is 0. The maximum atomic E-state index is 13.3. The molecular formula is C19H15FN4O2. The van der Waals surface area contributed by atoms with Gasteiger partial charge in [-0.1, -0.05) is 35.5 Å². The van der Waals surface area contributed by atoms with Gasteiger partial charge in [0.15, 0.2) is 11.5 Å². The van der Waals surface area contributed by atoms with Gasteiger partial charge in [0.1, 0.15) is 5.82 Å². The van der Waals surface area contributed by atoms with Gasteiger partial charge in [0.2, 0.25) is 0 Å². The van der Waals surface area contributed by atoms with Crippen LogP contribution in [0.25, 0.3) is 22.5 Å². The lowest BCUT2D eigenvalue weighted by atomic mass is 9.79. The maximum Gasteiger partial charge on any atom is 0.279 e. The molecule has 1 N–H and O–H groups in total. The molecule has 3 heterocycles. The molecule has 6 nitrogen and oxygen atoms in total. The van der Waals surface area contributed by atoms with E-state index in [2.05, 4.69) is 20.3 Å². The summed E-state index contributed by atoms with van der Waals surface area (Å²) >= 11 is 0. The molecular weight excluding hydrogens is 335 g/mol. The summed E-state index contributed by atoms with van der Waals surface area (Å²) in [5.74, 6) is 0.606. The molecule has 1 aliphatic rings. The SMILES string of the molecule is Fc1ccc([C@@]2(c3noc(-c4n[nH]c5ccccc45)n3)CCOC2)cc1. The minimum absolute atomic E-state index is 0.278. The normalized spacial score (nSPS) is 20.0. The highest BCUT2D eigenvalue weighted by atomic mass is 19.1. The second kappa shape index (κ2) is 5.74. The highest BCUT2D eigenvalue weighted by molar-refractivity contribution is 5.90. The number of halogens is 1. The second-order valence-electron chi connectivity index (χ2n) is 6.43. The number of hydrogen-bond acceptors (Lipinski definition) is 5. The van der Waals surface area contributed by atoms with Gasteiger partial charge in [-0.2, -0.15) is 10.1 Å². The fourth-order valence-electron chi connectivity index (χ4n) is 3.51. The van der Waals surface area contributed by atoms with Crippen LogP contribution in [0.4, 0.5) is 4.39 Å². The molecule has 1 fully saturated rings. The lowest BCUT2D eigenvalue weighted by Crippen LogP contribution is -2.29. The fourth-order valence-corrected chi connectivity index (χ4v) is 3.51. The first-order valence-electron chi connectivity index (χ1n) is 8.38. The molecule has 0 bridgehead atoms. The molecule has 1 saturated heterocycles. The van der Waals surface area contributed by atoms with Crippen LogP contribution >= 0.6 is 0 Å². The third kappa shape index (κ3) is 2.24. The molecule has 1 atom stereocenters. The monoisotopic (exact) mass is 350 g/mol. The van der Waals surface area contributed by atoms with Crippen LogP contribution in [-0.2, 0) is 10.2 Å². The Hall–Kier alpha value is -3.06. The van der Waals surface area contributed by atoms with E-state index in [1.807, 2.05) is 24.3 Å². The van der Waals surface area contributed by atoms with Crippen LogP contribution in [0, 0.1) is 5.82 Å². The zero-order valence-electron chi connectivity index (χ0n) is 13.8. The van der Waals surface area contributed by atoms with Crippen molar-refractivity contribution >= 4 is 10.9 Å². The van der Waals surface area contributed by atoms with Crippen molar-refractivity contribution in [1.82, 2.24) is 20.3 Å². The van der Waals surface area contributed by atoms with Crippen LogP contribution in [0.1, 0.15) is 17.8 Å². The summed E-state index contributed by atoms with van der Waals surface area (Å²) in [6.07, 6.45) is 0.707. The van der Waals surface area contributed by atoms with E-state index in [9.17, 15) is 4.39 Å². The van der Waals surface area contributed by atoms with Crippen molar-refractivity contribution in [3.63, 3.8) is 0 Å². The Labute approximate surface area is 148 Å². The highest BCUT2D eigenvalue weighted by Gasteiger charge is 2.43. The fraction of sp³-hybridized carbons (Fsp3) is 0.211. The van der Waals surface area contributed by atoms with Gasteiger partial charge in [0.25, 0.3) is 5.89 Å². The minimum atomic E-state index is -0.540. The Morgan fingerprint density at radius 3 is 2.73 bits per heavy atom. The highest BCUT2D eigenvalue weighted by Crippen LogP contribution is 2.39. The zero-order chi connectivity index (χ0) is 17.6. The van der Waals surface area contributed by atoms with E-state index in [-0.39, 0.29) is 5.82 Å². The molecule has 2 aromatic carbocycles. The van der Waals surface area contributed by atoms with Crippen LogP contribution in [0.5, 0.6) is 0 Å². The number of para-hydroxylation sites is 1. The Bertz CT molecular complexity index is 1060. The van der Waals surface area contributed by atoms with E-state index in [0.29, 0.717) is 37.0 Å². The summed E-state index contributed by atoms with van der Waals surface area (Å²) in [5.41, 5.74) is 1.89. The number of ether oxygens (including phenoxy) is 1. The van der Waals surface area contributed by atoms with Gasteiger partial charge in [-0.15, -0.1) is 0 Å². The number of nitrogens with zero attached hydrogens (tertiary/aromatic N) is 3. The van der Waals surface area contributed by atoms with Gasteiger partial charge in [-0.05, 0) is 30.2 Å². The molecule has 0 saturated carbocycles. The molecule has 130 valence electrons. The predicted molar refractivity (Wildman–Crippen MR) is 92.0 cm³/mol. The van der Waals surface area contributed by atoms with Crippen LogP contribution in [0.3, 0.4) is 0 Å². The Balaban J connectivity index is 1.60. The van der Waals surface area contributed by atoms with Crippen molar-refractivity contribution in [2.75, 3.05) is 13.2 Å². The van der Waals surface area contributed by atoms with Crippen molar-refractivity contribution in [2.45, 2.75) is 11.8 Å². The average Bonchev–Trinajstić information content (AvgIpc) is 3.41. The first-order chi connectivity index (χ1) is 12.8. The number of rotatable bonds is 3. The number of fused-ring (bicyclic) bond motifs is 1. The van der Waals surface area contributed by atoms with E-state index >= 15 is 0 Å². The molecule has 2 aromatic heterocycles. The lowest BCUT2D eigenvalue weighted by molar-refractivity contribution is 0.182. The van der Waals surface area contributed by atoms with Crippen LogP contribution in [-0.4, -0.2) is 33.6 Å². The molecule has 4 aromatic rings.